The molecule has 5 nitrogen and oxygen atoms in total. The van der Waals surface area contributed by atoms with Gasteiger partial charge in [0.2, 0.25) is 0 Å². The van der Waals surface area contributed by atoms with E-state index >= 15 is 0 Å². The number of benzene rings is 1. The van der Waals surface area contributed by atoms with Crippen molar-refractivity contribution in [3.05, 3.63) is 107 Å². The van der Waals surface area contributed by atoms with Crippen LogP contribution in [0.3, 0.4) is 0 Å². The lowest BCUT2D eigenvalue weighted by atomic mass is 10.0. The summed E-state index contributed by atoms with van der Waals surface area (Å²) in [5, 5.41) is 4.78. The summed E-state index contributed by atoms with van der Waals surface area (Å²) in [6.45, 7) is 2.08. The summed E-state index contributed by atoms with van der Waals surface area (Å²) in [7, 11) is 0. The number of nitrogens with zero attached hydrogens (tertiary/aromatic N) is 4. The van der Waals surface area contributed by atoms with E-state index < -0.39 is 0 Å². The van der Waals surface area contributed by atoms with Gasteiger partial charge >= 0.3 is 0 Å². The van der Waals surface area contributed by atoms with Gasteiger partial charge in [0.15, 0.2) is 5.11 Å². The number of hydrogen-bond donors (Lipinski definition) is 1. The number of hydrogen-bond acceptors (Lipinski definition) is 3. The minimum Gasteiger partial charge on any atom is -0.351 e. The van der Waals surface area contributed by atoms with Crippen molar-refractivity contribution in [1.82, 2.24) is 19.9 Å². The molecule has 0 aliphatic carbocycles. The Labute approximate surface area is 191 Å². The van der Waals surface area contributed by atoms with Gasteiger partial charge in [-0.3, -0.25) is 4.98 Å². The van der Waals surface area contributed by atoms with E-state index in [-0.39, 0.29) is 12.1 Å². The Kier molecular flexibility index (Phi) is 5.18. The molecule has 1 fully saturated rings. The first-order valence-electron chi connectivity index (χ1n) is 9.98. The number of halogens is 1. The maximum Gasteiger partial charge on any atom is 0.174 e. The topological polar surface area (TPSA) is 46.0 Å². The van der Waals surface area contributed by atoms with Crippen LogP contribution in [0, 0.1) is 6.92 Å². The Morgan fingerprint density at radius 1 is 1.00 bits per heavy atom. The third-order valence-electron chi connectivity index (χ3n) is 5.42. The van der Waals surface area contributed by atoms with E-state index in [1.54, 1.807) is 6.20 Å². The molecule has 4 heterocycles. The van der Waals surface area contributed by atoms with Gasteiger partial charge in [-0.2, -0.15) is 0 Å². The van der Waals surface area contributed by atoms with Gasteiger partial charge in [-0.15, -0.1) is 0 Å². The Hall–Kier alpha value is -3.22. The molecule has 2 unspecified atom stereocenters. The zero-order valence-corrected chi connectivity index (χ0v) is 18.4. The third-order valence-corrected chi connectivity index (χ3v) is 5.96. The third kappa shape index (κ3) is 3.69. The molecule has 31 heavy (non-hydrogen) atoms. The normalized spacial score (nSPS) is 18.3. The van der Waals surface area contributed by atoms with E-state index in [4.69, 9.17) is 23.8 Å². The summed E-state index contributed by atoms with van der Waals surface area (Å²) in [5.74, 6) is 0.797. The standard InChI is InChI=1S/C24H20ClN5S/c1-16-6-4-7-18(14-16)30-23(22(28-24(30)31)19-8-2-3-12-26-19)20-9-5-13-29(20)21-11-10-17(25)15-27-21/h2-15,22-23H,1H3,(H,28,31). The number of rotatable bonds is 4. The van der Waals surface area contributed by atoms with Gasteiger partial charge in [0, 0.05) is 30.0 Å². The summed E-state index contributed by atoms with van der Waals surface area (Å²) in [6.07, 6.45) is 5.48. The van der Waals surface area contributed by atoms with Crippen molar-refractivity contribution in [3.8, 4) is 5.82 Å². The molecule has 1 N–H and O–H groups in total. The number of aromatic nitrogens is 3. The lowest BCUT2D eigenvalue weighted by Gasteiger charge is -2.29. The highest BCUT2D eigenvalue weighted by molar-refractivity contribution is 7.80. The fraction of sp³-hybridized carbons (Fsp3) is 0.125. The van der Waals surface area contributed by atoms with E-state index in [9.17, 15) is 0 Å². The van der Waals surface area contributed by atoms with Gasteiger partial charge in [-0.25, -0.2) is 4.98 Å². The van der Waals surface area contributed by atoms with Gasteiger partial charge in [0.05, 0.1) is 16.8 Å². The maximum absolute atomic E-state index is 6.06. The summed E-state index contributed by atoms with van der Waals surface area (Å²) < 4.78 is 2.08. The van der Waals surface area contributed by atoms with Crippen molar-refractivity contribution in [1.29, 1.82) is 0 Å². The van der Waals surface area contributed by atoms with Crippen LogP contribution in [0.5, 0.6) is 0 Å². The van der Waals surface area contributed by atoms with Crippen molar-refractivity contribution in [2.45, 2.75) is 19.0 Å². The molecule has 0 bridgehead atoms. The Balaban J connectivity index is 1.67. The van der Waals surface area contributed by atoms with Gasteiger partial charge in [-0.05, 0) is 73.2 Å². The number of aryl methyl sites for hydroxylation is 1. The average Bonchev–Trinajstić information content (AvgIpc) is 3.39. The van der Waals surface area contributed by atoms with E-state index in [2.05, 4.69) is 62.0 Å². The summed E-state index contributed by atoms with van der Waals surface area (Å²) in [4.78, 5) is 11.3. The van der Waals surface area contributed by atoms with E-state index in [0.717, 1.165) is 22.9 Å². The monoisotopic (exact) mass is 445 g/mol. The van der Waals surface area contributed by atoms with Crippen LogP contribution in [-0.4, -0.2) is 19.6 Å². The average molecular weight is 446 g/mol. The lowest BCUT2D eigenvalue weighted by Crippen LogP contribution is -2.30. The SMILES string of the molecule is Cc1cccc(N2C(=S)NC(c3ccccn3)C2c2cccn2-c2ccc(Cl)cn2)c1. The number of nitrogens with one attached hydrogen (secondary N) is 1. The molecule has 2 atom stereocenters. The lowest BCUT2D eigenvalue weighted by molar-refractivity contribution is 0.548. The fourth-order valence-electron chi connectivity index (χ4n) is 4.07. The molecule has 0 saturated carbocycles. The zero-order chi connectivity index (χ0) is 21.4. The van der Waals surface area contributed by atoms with E-state index in [0.29, 0.717) is 10.1 Å². The highest BCUT2D eigenvalue weighted by Gasteiger charge is 2.42. The summed E-state index contributed by atoms with van der Waals surface area (Å²) >= 11 is 11.9. The molecule has 1 aliphatic rings. The minimum atomic E-state index is -0.116. The smallest absolute Gasteiger partial charge is 0.174 e. The first kappa shape index (κ1) is 19.7. The van der Waals surface area contributed by atoms with Crippen molar-refractivity contribution in [3.63, 3.8) is 0 Å². The summed E-state index contributed by atoms with van der Waals surface area (Å²) in [5.41, 5.74) is 4.20. The van der Waals surface area contributed by atoms with Crippen LogP contribution < -0.4 is 10.2 Å². The van der Waals surface area contributed by atoms with Gasteiger partial charge in [-0.1, -0.05) is 29.8 Å². The molecule has 0 radical (unpaired) electrons. The quantitative estimate of drug-likeness (QED) is 0.426. The van der Waals surface area contributed by atoms with Crippen LogP contribution in [-0.2, 0) is 0 Å². The van der Waals surface area contributed by atoms with Crippen LogP contribution in [0.25, 0.3) is 5.82 Å². The molecule has 4 aromatic rings. The first-order valence-corrected chi connectivity index (χ1v) is 10.8. The second kappa shape index (κ2) is 8.13. The second-order valence-corrected chi connectivity index (χ2v) is 8.30. The second-order valence-electron chi connectivity index (χ2n) is 7.47. The predicted octanol–water partition coefficient (Wildman–Crippen LogP) is 5.41. The van der Waals surface area contributed by atoms with E-state index in [1.165, 1.54) is 5.56 Å². The molecular weight excluding hydrogens is 426 g/mol. The molecule has 1 saturated heterocycles. The molecular formula is C24H20ClN5S. The van der Waals surface area contributed by atoms with Crippen LogP contribution >= 0.6 is 23.8 Å². The molecule has 1 aromatic carbocycles. The molecule has 7 heteroatoms. The minimum absolute atomic E-state index is 0.114. The molecule has 3 aromatic heterocycles. The molecule has 0 amide bonds. The van der Waals surface area contributed by atoms with Crippen LogP contribution in [0.1, 0.15) is 29.0 Å². The van der Waals surface area contributed by atoms with Crippen LogP contribution in [0.4, 0.5) is 5.69 Å². The first-order chi connectivity index (χ1) is 15.1. The Bertz CT molecular complexity index is 1220. The zero-order valence-electron chi connectivity index (χ0n) is 16.8. The fourth-order valence-corrected chi connectivity index (χ4v) is 4.52. The molecule has 154 valence electrons. The van der Waals surface area contributed by atoms with Gasteiger partial charge in [0.25, 0.3) is 0 Å². The molecule has 1 aliphatic heterocycles. The highest BCUT2D eigenvalue weighted by atomic mass is 35.5. The van der Waals surface area contributed by atoms with Crippen LogP contribution in [0.15, 0.2) is 85.3 Å². The van der Waals surface area contributed by atoms with E-state index in [1.807, 2.05) is 48.8 Å². The number of pyridine rings is 2. The largest absolute Gasteiger partial charge is 0.351 e. The molecule has 0 spiro atoms. The number of thiocarbonyl (C=S) groups is 1. The Morgan fingerprint density at radius 3 is 2.65 bits per heavy atom. The number of anilines is 1. The van der Waals surface area contributed by atoms with Gasteiger partial charge in [0.1, 0.15) is 11.9 Å². The highest BCUT2D eigenvalue weighted by Crippen LogP contribution is 2.42. The van der Waals surface area contributed by atoms with Crippen LogP contribution in [0.2, 0.25) is 5.02 Å². The van der Waals surface area contributed by atoms with Crippen molar-refractivity contribution in [2.75, 3.05) is 4.90 Å². The van der Waals surface area contributed by atoms with Gasteiger partial charge < -0.3 is 14.8 Å². The molecule has 5 rings (SSSR count). The van der Waals surface area contributed by atoms with Crippen molar-refractivity contribution >= 4 is 34.6 Å². The summed E-state index contributed by atoms with van der Waals surface area (Å²) in [6, 6.07) is 22.0. The Morgan fingerprint density at radius 2 is 1.90 bits per heavy atom. The maximum atomic E-state index is 6.06. The predicted molar refractivity (Wildman–Crippen MR) is 128 cm³/mol. The van der Waals surface area contributed by atoms with Crippen molar-refractivity contribution in [2.24, 2.45) is 0 Å². The van der Waals surface area contributed by atoms with Crippen molar-refractivity contribution < 1.29 is 0 Å².